The molecule has 0 saturated heterocycles. The molecule has 0 bridgehead atoms. The van der Waals surface area contributed by atoms with Gasteiger partial charge in [-0.05, 0) is 18.2 Å². The first-order valence-electron chi connectivity index (χ1n) is 5.05. The minimum Gasteiger partial charge on any atom is -0.464 e. The summed E-state index contributed by atoms with van der Waals surface area (Å²) in [5.74, 6) is 0.815. The van der Waals surface area contributed by atoms with Crippen LogP contribution in [0, 0.1) is 0 Å². The third-order valence-corrected chi connectivity index (χ3v) is 2.64. The molecule has 2 N–H and O–H groups in total. The van der Waals surface area contributed by atoms with Gasteiger partial charge in [0.05, 0.1) is 6.26 Å². The van der Waals surface area contributed by atoms with E-state index < -0.39 is 0 Å². The molecule has 0 saturated carbocycles. The van der Waals surface area contributed by atoms with E-state index in [1.54, 1.807) is 6.26 Å². The van der Waals surface area contributed by atoms with Gasteiger partial charge in [0, 0.05) is 23.4 Å². The number of urea groups is 1. The summed E-state index contributed by atoms with van der Waals surface area (Å²) in [4.78, 5) is 11.2. The van der Waals surface area contributed by atoms with Crippen molar-refractivity contribution in [1.82, 2.24) is 5.32 Å². The van der Waals surface area contributed by atoms with Gasteiger partial charge in [-0.25, -0.2) is 4.79 Å². The standard InChI is InChI=1S/C12H10N2O2/c15-12-13-7-9-8(11-5-2-6-16-11)3-1-4-10(9)14-12/h1-6H,7H2,(H2,13,14,15). The molecule has 1 aromatic heterocycles. The van der Waals surface area contributed by atoms with Gasteiger partial charge < -0.3 is 15.1 Å². The van der Waals surface area contributed by atoms with Crippen molar-refractivity contribution in [3.63, 3.8) is 0 Å². The zero-order chi connectivity index (χ0) is 11.0. The van der Waals surface area contributed by atoms with E-state index in [0.717, 1.165) is 22.6 Å². The third kappa shape index (κ3) is 1.35. The number of anilines is 1. The van der Waals surface area contributed by atoms with Crippen LogP contribution in [0.1, 0.15) is 5.56 Å². The second kappa shape index (κ2) is 3.41. The predicted molar refractivity (Wildman–Crippen MR) is 60.0 cm³/mol. The van der Waals surface area contributed by atoms with Crippen LogP contribution in [-0.2, 0) is 6.54 Å². The largest absolute Gasteiger partial charge is 0.464 e. The fraction of sp³-hybridized carbons (Fsp3) is 0.0833. The third-order valence-electron chi connectivity index (χ3n) is 2.64. The second-order valence-corrected chi connectivity index (χ2v) is 3.62. The average Bonchev–Trinajstić information content (AvgIpc) is 2.81. The number of benzene rings is 1. The molecule has 3 rings (SSSR count). The fourth-order valence-electron chi connectivity index (χ4n) is 1.89. The van der Waals surface area contributed by atoms with Gasteiger partial charge in [0.25, 0.3) is 0 Å². The van der Waals surface area contributed by atoms with Crippen LogP contribution in [0.15, 0.2) is 41.0 Å². The van der Waals surface area contributed by atoms with Crippen LogP contribution in [0.2, 0.25) is 0 Å². The van der Waals surface area contributed by atoms with Gasteiger partial charge in [0.2, 0.25) is 0 Å². The molecule has 0 atom stereocenters. The molecule has 16 heavy (non-hydrogen) atoms. The van der Waals surface area contributed by atoms with Crippen LogP contribution >= 0.6 is 0 Å². The lowest BCUT2D eigenvalue weighted by Crippen LogP contribution is -2.33. The first kappa shape index (κ1) is 9.03. The van der Waals surface area contributed by atoms with Crippen molar-refractivity contribution in [1.29, 1.82) is 0 Å². The molecule has 0 spiro atoms. The van der Waals surface area contributed by atoms with E-state index in [-0.39, 0.29) is 6.03 Å². The van der Waals surface area contributed by atoms with Crippen molar-refractivity contribution in [2.24, 2.45) is 0 Å². The van der Waals surface area contributed by atoms with Gasteiger partial charge in [-0.1, -0.05) is 12.1 Å². The number of hydrogen-bond donors (Lipinski definition) is 2. The molecule has 4 heteroatoms. The smallest absolute Gasteiger partial charge is 0.319 e. The van der Waals surface area contributed by atoms with Crippen LogP contribution in [0.25, 0.3) is 11.3 Å². The Hall–Kier alpha value is -2.23. The highest BCUT2D eigenvalue weighted by Crippen LogP contribution is 2.30. The lowest BCUT2D eigenvalue weighted by atomic mass is 10.0. The number of hydrogen-bond acceptors (Lipinski definition) is 2. The molecule has 4 nitrogen and oxygen atoms in total. The first-order chi connectivity index (χ1) is 7.84. The van der Waals surface area contributed by atoms with Crippen molar-refractivity contribution in [2.75, 3.05) is 5.32 Å². The predicted octanol–water partition coefficient (Wildman–Crippen LogP) is 2.58. The minimum atomic E-state index is -0.163. The molecule has 0 fully saturated rings. The van der Waals surface area contributed by atoms with E-state index in [9.17, 15) is 4.79 Å². The molecule has 80 valence electrons. The van der Waals surface area contributed by atoms with Crippen LogP contribution in [0.5, 0.6) is 0 Å². The van der Waals surface area contributed by atoms with Crippen LogP contribution < -0.4 is 10.6 Å². The normalized spacial score (nSPS) is 13.9. The highest BCUT2D eigenvalue weighted by molar-refractivity contribution is 5.94. The van der Waals surface area contributed by atoms with Crippen LogP contribution in [-0.4, -0.2) is 6.03 Å². The maximum atomic E-state index is 11.2. The van der Waals surface area contributed by atoms with Gasteiger partial charge in [-0.2, -0.15) is 0 Å². The molecule has 0 radical (unpaired) electrons. The van der Waals surface area contributed by atoms with Gasteiger partial charge >= 0.3 is 6.03 Å². The van der Waals surface area contributed by atoms with E-state index >= 15 is 0 Å². The summed E-state index contributed by atoms with van der Waals surface area (Å²) >= 11 is 0. The Morgan fingerprint density at radius 3 is 2.94 bits per heavy atom. The van der Waals surface area contributed by atoms with Crippen molar-refractivity contribution in [3.8, 4) is 11.3 Å². The Balaban J connectivity index is 2.14. The minimum absolute atomic E-state index is 0.163. The second-order valence-electron chi connectivity index (χ2n) is 3.62. The zero-order valence-electron chi connectivity index (χ0n) is 8.49. The number of rotatable bonds is 1. The quantitative estimate of drug-likeness (QED) is 0.766. The van der Waals surface area contributed by atoms with E-state index in [2.05, 4.69) is 10.6 Å². The fourth-order valence-corrected chi connectivity index (χ4v) is 1.89. The molecule has 0 aliphatic carbocycles. The summed E-state index contributed by atoms with van der Waals surface area (Å²) in [6.45, 7) is 0.526. The number of amides is 2. The summed E-state index contributed by atoms with van der Waals surface area (Å²) in [6, 6.07) is 9.37. The molecule has 2 aromatic rings. The van der Waals surface area contributed by atoms with Crippen molar-refractivity contribution < 1.29 is 9.21 Å². The maximum absolute atomic E-state index is 11.2. The first-order valence-corrected chi connectivity index (χ1v) is 5.05. The Kier molecular flexibility index (Phi) is 1.93. The van der Waals surface area contributed by atoms with Crippen LogP contribution in [0.4, 0.5) is 10.5 Å². The molecule has 2 heterocycles. The lowest BCUT2D eigenvalue weighted by Gasteiger charge is -2.20. The van der Waals surface area contributed by atoms with Crippen LogP contribution in [0.3, 0.4) is 0 Å². The molecular formula is C12H10N2O2. The average molecular weight is 214 g/mol. The molecule has 1 aliphatic heterocycles. The highest BCUT2D eigenvalue weighted by atomic mass is 16.3. The summed E-state index contributed by atoms with van der Waals surface area (Å²) in [6.07, 6.45) is 1.64. The van der Waals surface area contributed by atoms with E-state index in [4.69, 9.17) is 4.42 Å². The number of furan rings is 1. The van der Waals surface area contributed by atoms with Crippen molar-refractivity contribution in [3.05, 3.63) is 42.2 Å². The summed E-state index contributed by atoms with van der Waals surface area (Å²) in [7, 11) is 0. The topological polar surface area (TPSA) is 54.3 Å². The van der Waals surface area contributed by atoms with Gasteiger partial charge in [-0.3, -0.25) is 0 Å². The Labute approximate surface area is 92.3 Å². The highest BCUT2D eigenvalue weighted by Gasteiger charge is 2.18. The Morgan fingerprint density at radius 1 is 1.19 bits per heavy atom. The molecule has 1 aliphatic rings. The number of fused-ring (bicyclic) bond motifs is 1. The van der Waals surface area contributed by atoms with Crippen molar-refractivity contribution >= 4 is 11.7 Å². The Bertz CT molecular complexity index is 532. The van der Waals surface area contributed by atoms with E-state index in [0.29, 0.717) is 6.54 Å². The monoisotopic (exact) mass is 214 g/mol. The van der Waals surface area contributed by atoms with E-state index in [1.807, 2.05) is 30.3 Å². The molecule has 2 amide bonds. The van der Waals surface area contributed by atoms with Gasteiger partial charge in [0.15, 0.2) is 0 Å². The maximum Gasteiger partial charge on any atom is 0.319 e. The zero-order valence-corrected chi connectivity index (χ0v) is 8.49. The van der Waals surface area contributed by atoms with Gasteiger partial charge in [-0.15, -0.1) is 0 Å². The molecular weight excluding hydrogens is 204 g/mol. The molecule has 0 unspecified atom stereocenters. The number of nitrogens with one attached hydrogen (secondary N) is 2. The number of carbonyl (C=O) groups is 1. The van der Waals surface area contributed by atoms with Crippen molar-refractivity contribution in [2.45, 2.75) is 6.54 Å². The Morgan fingerprint density at radius 2 is 2.12 bits per heavy atom. The van der Waals surface area contributed by atoms with E-state index in [1.165, 1.54) is 0 Å². The summed E-state index contributed by atoms with van der Waals surface area (Å²) < 4.78 is 5.37. The van der Waals surface area contributed by atoms with Gasteiger partial charge in [0.1, 0.15) is 5.76 Å². The SMILES string of the molecule is O=C1NCc2c(cccc2-c2ccco2)N1. The summed E-state index contributed by atoms with van der Waals surface area (Å²) in [5.41, 5.74) is 2.91. The molecule has 1 aromatic carbocycles. The summed E-state index contributed by atoms with van der Waals surface area (Å²) in [5, 5.41) is 5.52. The lowest BCUT2D eigenvalue weighted by molar-refractivity contribution is 0.251. The number of carbonyl (C=O) groups excluding carboxylic acids is 1.